The first-order valence-electron chi connectivity index (χ1n) is 9.72. The van der Waals surface area contributed by atoms with Crippen molar-refractivity contribution in [2.75, 3.05) is 53.4 Å². The Balaban J connectivity index is 1.43. The van der Waals surface area contributed by atoms with Crippen molar-refractivity contribution in [3.8, 4) is 16.9 Å². The zero-order chi connectivity index (χ0) is 20.9. The second-order valence-corrected chi connectivity index (χ2v) is 9.49. The lowest BCUT2D eigenvalue weighted by atomic mass is 10.1. The Bertz CT molecular complexity index is 865. The van der Waals surface area contributed by atoms with Crippen LogP contribution in [-0.2, 0) is 10.2 Å². The molecule has 0 bridgehead atoms. The van der Waals surface area contributed by atoms with Gasteiger partial charge in [-0.05, 0) is 23.3 Å². The Morgan fingerprint density at radius 1 is 0.966 bits per heavy atom. The van der Waals surface area contributed by atoms with E-state index in [0.717, 1.165) is 11.1 Å². The molecule has 1 aliphatic heterocycles. The van der Waals surface area contributed by atoms with Crippen LogP contribution < -0.4 is 4.74 Å². The number of piperazine rings is 1. The Morgan fingerprint density at radius 2 is 1.55 bits per heavy atom. The molecule has 0 amide bonds. The zero-order valence-electron chi connectivity index (χ0n) is 16.9. The lowest BCUT2D eigenvalue weighted by Crippen LogP contribution is -2.53. The molecular weight excluding hydrogens is 390 g/mol. The van der Waals surface area contributed by atoms with E-state index in [1.165, 1.54) is 22.7 Å². The maximum atomic E-state index is 12.2. The summed E-state index contributed by atoms with van der Waals surface area (Å²) in [4.78, 5) is 2.06. The van der Waals surface area contributed by atoms with E-state index in [9.17, 15) is 13.5 Å². The van der Waals surface area contributed by atoms with Gasteiger partial charge in [0.25, 0.3) is 10.2 Å². The van der Waals surface area contributed by atoms with Crippen LogP contribution in [-0.4, -0.2) is 86.6 Å². The number of benzene rings is 2. The summed E-state index contributed by atoms with van der Waals surface area (Å²) in [5.41, 5.74) is 2.26. The molecular formula is C21H29N3O4S. The van der Waals surface area contributed by atoms with Crippen LogP contribution in [0.15, 0.2) is 54.6 Å². The second-order valence-electron chi connectivity index (χ2n) is 7.35. The Kier molecular flexibility index (Phi) is 7.26. The highest BCUT2D eigenvalue weighted by Gasteiger charge is 2.29. The van der Waals surface area contributed by atoms with Gasteiger partial charge in [0.2, 0.25) is 0 Å². The van der Waals surface area contributed by atoms with Crippen molar-refractivity contribution in [3.63, 3.8) is 0 Å². The van der Waals surface area contributed by atoms with Gasteiger partial charge in [-0.25, -0.2) is 0 Å². The molecule has 0 saturated carbocycles. The second kappa shape index (κ2) is 9.69. The Hall–Kier alpha value is -1.97. The lowest BCUT2D eigenvalue weighted by Gasteiger charge is -2.35. The zero-order valence-corrected chi connectivity index (χ0v) is 17.8. The van der Waals surface area contributed by atoms with E-state index < -0.39 is 16.3 Å². The molecule has 1 aliphatic rings. The minimum Gasteiger partial charge on any atom is -0.491 e. The summed E-state index contributed by atoms with van der Waals surface area (Å²) >= 11 is 0. The van der Waals surface area contributed by atoms with Crippen LogP contribution >= 0.6 is 0 Å². The van der Waals surface area contributed by atoms with Crippen molar-refractivity contribution in [2.24, 2.45) is 0 Å². The maximum absolute atomic E-state index is 12.2. The molecule has 8 heteroatoms. The Labute approximate surface area is 173 Å². The predicted octanol–water partition coefficient (Wildman–Crippen LogP) is 1.52. The van der Waals surface area contributed by atoms with Crippen LogP contribution in [0.1, 0.15) is 0 Å². The molecule has 3 rings (SSSR count). The average molecular weight is 420 g/mol. The van der Waals surface area contributed by atoms with Crippen LogP contribution in [0.5, 0.6) is 5.75 Å². The number of aliphatic hydroxyl groups is 1. The molecule has 1 saturated heterocycles. The van der Waals surface area contributed by atoms with E-state index in [2.05, 4.69) is 17.0 Å². The van der Waals surface area contributed by atoms with Crippen molar-refractivity contribution < 1.29 is 18.3 Å². The molecule has 0 aliphatic carbocycles. The van der Waals surface area contributed by atoms with Gasteiger partial charge in [0, 0.05) is 46.8 Å². The molecule has 2 aromatic rings. The maximum Gasteiger partial charge on any atom is 0.281 e. The molecule has 29 heavy (non-hydrogen) atoms. The van der Waals surface area contributed by atoms with Crippen molar-refractivity contribution in [1.29, 1.82) is 0 Å². The molecule has 1 N–H and O–H groups in total. The summed E-state index contributed by atoms with van der Waals surface area (Å²) < 4.78 is 32.7. The van der Waals surface area contributed by atoms with E-state index in [0.29, 0.717) is 38.5 Å². The van der Waals surface area contributed by atoms with E-state index in [1.54, 1.807) is 0 Å². The minimum atomic E-state index is -3.37. The molecule has 0 unspecified atom stereocenters. The van der Waals surface area contributed by atoms with Crippen molar-refractivity contribution in [1.82, 2.24) is 13.5 Å². The van der Waals surface area contributed by atoms with E-state index in [1.807, 2.05) is 42.5 Å². The van der Waals surface area contributed by atoms with Gasteiger partial charge in [0.15, 0.2) is 0 Å². The fourth-order valence-corrected chi connectivity index (χ4v) is 4.38. The summed E-state index contributed by atoms with van der Waals surface area (Å²) in [5, 5.41) is 10.3. The minimum absolute atomic E-state index is 0.195. The first kappa shape index (κ1) is 21.7. The fraction of sp³-hybridized carbons (Fsp3) is 0.429. The molecule has 0 spiro atoms. The molecule has 1 heterocycles. The van der Waals surface area contributed by atoms with E-state index in [-0.39, 0.29) is 6.61 Å². The average Bonchev–Trinajstić information content (AvgIpc) is 2.73. The number of nitrogens with zero attached hydrogens (tertiary/aromatic N) is 3. The van der Waals surface area contributed by atoms with Gasteiger partial charge in [0.05, 0.1) is 0 Å². The molecule has 1 atom stereocenters. The van der Waals surface area contributed by atoms with Crippen molar-refractivity contribution in [2.45, 2.75) is 6.10 Å². The molecule has 1 fully saturated rings. The highest BCUT2D eigenvalue weighted by Crippen LogP contribution is 2.22. The van der Waals surface area contributed by atoms with Gasteiger partial charge in [-0.2, -0.15) is 17.0 Å². The largest absolute Gasteiger partial charge is 0.491 e. The number of hydrogen-bond donors (Lipinski definition) is 1. The van der Waals surface area contributed by atoms with Crippen molar-refractivity contribution in [3.05, 3.63) is 54.6 Å². The molecule has 0 aromatic heterocycles. The number of aliphatic hydroxyl groups excluding tert-OH is 1. The quantitative estimate of drug-likeness (QED) is 0.702. The SMILES string of the molecule is CN(C)S(=O)(=O)N1CCN(C[C@H](O)COc2ccc(-c3ccccc3)cc2)CC1. The van der Waals surface area contributed by atoms with Gasteiger partial charge in [-0.15, -0.1) is 0 Å². The standard InChI is InChI=1S/C21H29N3O4S/c1-22(2)29(26,27)24-14-12-23(13-15-24)16-20(25)17-28-21-10-8-19(9-11-21)18-6-4-3-5-7-18/h3-11,20,25H,12-17H2,1-2H3/t20-/m0/s1. The summed E-state index contributed by atoms with van der Waals surface area (Å²) in [6.07, 6.45) is -0.638. The van der Waals surface area contributed by atoms with Crippen LogP contribution in [0.25, 0.3) is 11.1 Å². The summed E-state index contributed by atoms with van der Waals surface area (Å²) in [7, 11) is -0.295. The van der Waals surface area contributed by atoms with E-state index in [4.69, 9.17) is 4.74 Å². The third-order valence-corrected chi connectivity index (χ3v) is 6.93. The first-order chi connectivity index (χ1) is 13.9. The predicted molar refractivity (Wildman–Crippen MR) is 114 cm³/mol. The smallest absolute Gasteiger partial charge is 0.281 e. The number of β-amino-alcohol motifs (C(OH)–C–C–N with tert-alkyl or cyclic N) is 1. The molecule has 158 valence electrons. The summed E-state index contributed by atoms with van der Waals surface area (Å²) in [6.45, 7) is 2.69. The van der Waals surface area contributed by atoms with Crippen molar-refractivity contribution >= 4 is 10.2 Å². The van der Waals surface area contributed by atoms with Crippen LogP contribution in [0.4, 0.5) is 0 Å². The first-order valence-corrected chi connectivity index (χ1v) is 11.1. The molecule has 2 aromatic carbocycles. The van der Waals surface area contributed by atoms with Gasteiger partial charge in [0.1, 0.15) is 18.5 Å². The normalized spacial score (nSPS) is 17.4. The summed E-state index contributed by atoms with van der Waals surface area (Å²) in [6, 6.07) is 17.9. The van der Waals surface area contributed by atoms with Crippen LogP contribution in [0, 0.1) is 0 Å². The monoisotopic (exact) mass is 419 g/mol. The lowest BCUT2D eigenvalue weighted by molar-refractivity contribution is 0.0564. The third-order valence-electron chi connectivity index (χ3n) is 4.99. The van der Waals surface area contributed by atoms with Crippen LogP contribution in [0.3, 0.4) is 0 Å². The highest BCUT2D eigenvalue weighted by atomic mass is 32.2. The summed E-state index contributed by atoms with van der Waals surface area (Å²) in [5.74, 6) is 0.714. The number of rotatable bonds is 8. The Morgan fingerprint density at radius 3 is 2.14 bits per heavy atom. The molecule has 0 radical (unpaired) electrons. The number of hydrogen-bond acceptors (Lipinski definition) is 5. The van der Waals surface area contributed by atoms with Gasteiger partial charge >= 0.3 is 0 Å². The van der Waals surface area contributed by atoms with Gasteiger partial charge < -0.3 is 9.84 Å². The topological polar surface area (TPSA) is 73.3 Å². The number of ether oxygens (including phenoxy) is 1. The molecule has 7 nitrogen and oxygen atoms in total. The van der Waals surface area contributed by atoms with Gasteiger partial charge in [-0.1, -0.05) is 42.5 Å². The van der Waals surface area contributed by atoms with Crippen LogP contribution in [0.2, 0.25) is 0 Å². The highest BCUT2D eigenvalue weighted by molar-refractivity contribution is 7.86. The van der Waals surface area contributed by atoms with E-state index >= 15 is 0 Å². The third kappa shape index (κ3) is 5.77. The fourth-order valence-electron chi connectivity index (χ4n) is 3.29. The van der Waals surface area contributed by atoms with Gasteiger partial charge in [-0.3, -0.25) is 4.90 Å².